The van der Waals surface area contributed by atoms with Crippen LogP contribution in [0.2, 0.25) is 0 Å². The molecule has 0 rings (SSSR count). The lowest BCUT2D eigenvalue weighted by atomic mass is 10.7. The van der Waals surface area contributed by atoms with Crippen LogP contribution < -0.4 is 0 Å². The summed E-state index contributed by atoms with van der Waals surface area (Å²) < 4.78 is 0.833. The second kappa shape index (κ2) is 4.96. The fourth-order valence-electron chi connectivity index (χ4n) is 0.235. The van der Waals surface area contributed by atoms with Crippen LogP contribution in [0.3, 0.4) is 0 Å². The van der Waals surface area contributed by atoms with E-state index in [0.29, 0.717) is 0 Å². The van der Waals surface area contributed by atoms with Gasteiger partial charge in [-0.1, -0.05) is 0 Å². The number of aliphatic imine (C=N–C) groups is 1. The predicted molar refractivity (Wildman–Crippen MR) is 45.1 cm³/mol. The average molecular weight is 222 g/mol. The summed E-state index contributed by atoms with van der Waals surface area (Å²) in [6.45, 7) is 1.84. The van der Waals surface area contributed by atoms with Gasteiger partial charge in [-0.25, -0.2) is 0 Å². The van der Waals surface area contributed by atoms with Crippen molar-refractivity contribution in [2.75, 3.05) is 0 Å². The highest BCUT2D eigenvalue weighted by Gasteiger charge is 1.76. The smallest absolute Gasteiger partial charge is 0.102 e. The number of hydrogen-bond acceptors (Lipinski definition) is 2. The van der Waals surface area contributed by atoms with Crippen LogP contribution in [0.1, 0.15) is 6.92 Å². The van der Waals surface area contributed by atoms with Gasteiger partial charge in [-0.2, -0.15) is 0 Å². The van der Waals surface area contributed by atoms with E-state index in [9.17, 15) is 0 Å². The van der Waals surface area contributed by atoms with Gasteiger partial charge in [-0.05, 0) is 35.6 Å². The molecule has 0 bridgehead atoms. The quantitative estimate of drug-likeness (QED) is 0.421. The summed E-state index contributed by atoms with van der Waals surface area (Å²) in [5.41, 5.74) is 0. The van der Waals surface area contributed by atoms with E-state index in [1.165, 1.54) is 6.21 Å². The molecule has 2 nitrogen and oxygen atoms in total. The fourth-order valence-corrected chi connectivity index (χ4v) is 0.693. The van der Waals surface area contributed by atoms with Crippen LogP contribution in [-0.4, -0.2) is 12.4 Å². The molecule has 1 N–H and O–H groups in total. The minimum absolute atomic E-state index is 0.833. The number of halogens is 1. The summed E-state index contributed by atoms with van der Waals surface area (Å²) in [5.74, 6) is 0. The molecular formula is C5H7IN2. The van der Waals surface area contributed by atoms with Crippen molar-refractivity contribution >= 4 is 35.0 Å². The molecule has 0 spiro atoms. The highest BCUT2D eigenvalue weighted by atomic mass is 127. The predicted octanol–water partition coefficient (Wildman–Crippen LogP) is 2.00. The Labute approximate surface area is 62.4 Å². The third-order valence-electron chi connectivity index (χ3n) is 0.473. The van der Waals surface area contributed by atoms with Crippen molar-refractivity contribution in [3.05, 3.63) is 9.78 Å². The number of hydrogen-bond donors (Lipinski definition) is 1. The van der Waals surface area contributed by atoms with Crippen LogP contribution >= 0.6 is 22.6 Å². The van der Waals surface area contributed by atoms with Gasteiger partial charge in [-0.15, -0.1) is 0 Å². The third-order valence-corrected chi connectivity index (χ3v) is 1.11. The molecule has 0 fully saturated rings. The maximum atomic E-state index is 6.63. The molecule has 0 aliphatic rings. The van der Waals surface area contributed by atoms with E-state index in [1.54, 1.807) is 12.3 Å². The Bertz CT molecular complexity index is 126. The third kappa shape index (κ3) is 3.98. The van der Waals surface area contributed by atoms with Gasteiger partial charge in [0.05, 0.1) is 0 Å². The molecule has 0 aromatic rings. The molecule has 0 heterocycles. The molecule has 0 unspecified atom stereocenters. The topological polar surface area (TPSA) is 36.2 Å². The second-order valence-electron chi connectivity index (χ2n) is 1.04. The van der Waals surface area contributed by atoms with Gasteiger partial charge < -0.3 is 5.41 Å². The fraction of sp³-hybridized carbons (Fsp3) is 0.200. The lowest BCUT2D eigenvalue weighted by Crippen LogP contribution is -1.64. The summed E-state index contributed by atoms with van der Waals surface area (Å²) >= 11 is 2.05. The van der Waals surface area contributed by atoms with Crippen molar-refractivity contribution in [1.29, 1.82) is 5.41 Å². The summed E-state index contributed by atoms with van der Waals surface area (Å²) in [5, 5.41) is 6.63. The first-order chi connectivity index (χ1) is 3.81. The molecule has 44 valence electrons. The summed E-state index contributed by atoms with van der Waals surface area (Å²) in [6, 6.07) is 0. The molecule has 0 amide bonds. The van der Waals surface area contributed by atoms with Gasteiger partial charge in [0.25, 0.3) is 0 Å². The monoisotopic (exact) mass is 222 g/mol. The van der Waals surface area contributed by atoms with Gasteiger partial charge in [0.2, 0.25) is 0 Å². The minimum Gasteiger partial charge on any atom is -0.309 e. The van der Waals surface area contributed by atoms with Crippen LogP contribution in [-0.2, 0) is 0 Å². The molecule has 3 heteroatoms. The number of nitrogens with one attached hydrogen (secondary N) is 1. The first kappa shape index (κ1) is 7.81. The van der Waals surface area contributed by atoms with Crippen molar-refractivity contribution < 1.29 is 0 Å². The molecule has 0 radical (unpaired) electrons. The number of allylic oxidation sites excluding steroid dienone is 1. The zero-order valence-electron chi connectivity index (χ0n) is 4.56. The molecule has 8 heavy (non-hydrogen) atoms. The minimum atomic E-state index is 0.833. The zero-order chi connectivity index (χ0) is 6.41. The average Bonchev–Trinajstić information content (AvgIpc) is 1.68. The summed E-state index contributed by atoms with van der Waals surface area (Å²) in [6.07, 6.45) is 4.54. The van der Waals surface area contributed by atoms with Crippen LogP contribution in [0.25, 0.3) is 0 Å². The molecule has 0 saturated carbocycles. The van der Waals surface area contributed by atoms with Gasteiger partial charge in [0, 0.05) is 12.4 Å². The van der Waals surface area contributed by atoms with Gasteiger partial charge in [-0.3, -0.25) is 4.99 Å². The Morgan fingerprint density at radius 2 is 2.38 bits per heavy atom. The molecule has 0 atom stereocenters. The van der Waals surface area contributed by atoms with E-state index >= 15 is 0 Å². The Balaban J connectivity index is 3.79. The van der Waals surface area contributed by atoms with Crippen molar-refractivity contribution in [2.45, 2.75) is 6.92 Å². The van der Waals surface area contributed by atoms with Gasteiger partial charge >= 0.3 is 0 Å². The summed E-state index contributed by atoms with van der Waals surface area (Å²) in [7, 11) is 0. The van der Waals surface area contributed by atoms with Crippen LogP contribution in [0.5, 0.6) is 0 Å². The van der Waals surface area contributed by atoms with Gasteiger partial charge in [0.1, 0.15) is 3.70 Å². The Hall–Kier alpha value is -0.190. The van der Waals surface area contributed by atoms with Crippen LogP contribution in [0, 0.1) is 5.41 Å². The molecule has 0 aliphatic carbocycles. The summed E-state index contributed by atoms with van der Waals surface area (Å²) in [4.78, 5) is 3.89. The van der Waals surface area contributed by atoms with E-state index in [0.717, 1.165) is 3.70 Å². The molecule has 0 aromatic heterocycles. The largest absolute Gasteiger partial charge is 0.309 e. The van der Waals surface area contributed by atoms with E-state index < -0.39 is 0 Å². The lowest BCUT2D eigenvalue weighted by molar-refractivity contribution is 1.54. The Morgan fingerprint density at radius 1 is 1.75 bits per heavy atom. The molecule has 0 saturated heterocycles. The highest BCUT2D eigenvalue weighted by Crippen LogP contribution is 2.03. The van der Waals surface area contributed by atoms with Crippen LogP contribution in [0.4, 0.5) is 0 Å². The second-order valence-corrected chi connectivity index (χ2v) is 2.15. The standard InChI is InChI=1S/C5H7IN2/c1-2-8-5(6)3-4-7/h2-4,7H,1H3/b5-3-,7-4?,8-2-. The first-order valence-electron chi connectivity index (χ1n) is 2.16. The van der Waals surface area contributed by atoms with Crippen molar-refractivity contribution in [3.8, 4) is 0 Å². The SMILES string of the molecule is C/C=N\C(I)=C/C=N. The van der Waals surface area contributed by atoms with Crippen molar-refractivity contribution in [2.24, 2.45) is 4.99 Å². The maximum Gasteiger partial charge on any atom is 0.102 e. The molecule has 0 aromatic carbocycles. The molecule has 0 aliphatic heterocycles. The molecular weight excluding hydrogens is 215 g/mol. The number of rotatable bonds is 2. The Morgan fingerprint density at radius 3 is 2.75 bits per heavy atom. The lowest BCUT2D eigenvalue weighted by Gasteiger charge is -1.79. The zero-order valence-corrected chi connectivity index (χ0v) is 6.71. The van der Waals surface area contributed by atoms with E-state index in [4.69, 9.17) is 5.41 Å². The van der Waals surface area contributed by atoms with Gasteiger partial charge in [0.15, 0.2) is 0 Å². The normalized spacial score (nSPS) is 12.5. The Kier molecular flexibility index (Phi) is 4.84. The van der Waals surface area contributed by atoms with Crippen LogP contribution in [0.15, 0.2) is 14.8 Å². The van der Waals surface area contributed by atoms with E-state index in [1.807, 2.05) is 6.92 Å². The highest BCUT2D eigenvalue weighted by molar-refractivity contribution is 14.1. The van der Waals surface area contributed by atoms with Crippen molar-refractivity contribution in [1.82, 2.24) is 0 Å². The van der Waals surface area contributed by atoms with Crippen molar-refractivity contribution in [3.63, 3.8) is 0 Å². The van der Waals surface area contributed by atoms with E-state index in [2.05, 4.69) is 27.6 Å². The number of nitrogens with zero attached hydrogens (tertiary/aromatic N) is 1. The van der Waals surface area contributed by atoms with E-state index in [-0.39, 0.29) is 0 Å². The maximum absolute atomic E-state index is 6.63. The first-order valence-corrected chi connectivity index (χ1v) is 3.24.